The zero-order chi connectivity index (χ0) is 26.6. The van der Waals surface area contributed by atoms with Crippen LogP contribution < -0.4 is 10.2 Å². The zero-order valence-electron chi connectivity index (χ0n) is 21.5. The van der Waals surface area contributed by atoms with Crippen LogP contribution in [0.1, 0.15) is 68.5 Å². The van der Waals surface area contributed by atoms with Gasteiger partial charge in [-0.15, -0.1) is 0 Å². The molecule has 0 spiro atoms. The van der Waals surface area contributed by atoms with Crippen molar-refractivity contribution in [2.45, 2.75) is 76.4 Å². The smallest absolute Gasteiger partial charge is 0.248 e. The van der Waals surface area contributed by atoms with Crippen LogP contribution in [0.2, 0.25) is 0 Å². The fourth-order valence-electron chi connectivity index (χ4n) is 5.56. The molecule has 37 heavy (non-hydrogen) atoms. The van der Waals surface area contributed by atoms with Crippen molar-refractivity contribution in [2.75, 3.05) is 17.7 Å². The van der Waals surface area contributed by atoms with Crippen molar-refractivity contribution in [3.05, 3.63) is 65.5 Å². The van der Waals surface area contributed by atoms with Gasteiger partial charge in [-0.2, -0.15) is 4.31 Å². The van der Waals surface area contributed by atoms with Gasteiger partial charge < -0.3 is 5.32 Å². The molecule has 2 aliphatic rings. The first-order valence-electron chi connectivity index (χ1n) is 13.1. The highest BCUT2D eigenvalue weighted by atomic mass is 32.2. The van der Waals surface area contributed by atoms with Crippen molar-refractivity contribution in [3.8, 4) is 0 Å². The van der Waals surface area contributed by atoms with Gasteiger partial charge in [0.25, 0.3) is 0 Å². The van der Waals surface area contributed by atoms with Gasteiger partial charge in [-0.1, -0.05) is 56.0 Å². The lowest BCUT2D eigenvalue weighted by molar-refractivity contribution is -0.129. The zero-order valence-corrected chi connectivity index (χ0v) is 22.3. The molecule has 9 heteroatoms. The molecule has 2 aromatic rings. The molecular weight excluding hydrogens is 493 g/mol. The SMILES string of the molecule is Cc1ccccc1[C@@H](C(=O)NC1CCCCC1)N(C(=O)[C@@H]1CCCCN1S(C)(=O)=O)c1cccc(F)c1. The standard InChI is InChI=1S/C28H36FN3O4S/c1-20-11-6-7-16-24(20)26(27(33)30-22-13-4-3-5-14-22)32(23-15-10-12-21(29)19-23)28(34)25-17-8-9-18-31(25)37(2,35)36/h6-7,10-12,15-16,19,22,25-26H,3-5,8-9,13-14,17-18H2,1-2H3,(H,30,33)/t25-,26-/m0/s1. The van der Waals surface area contributed by atoms with E-state index >= 15 is 0 Å². The molecular formula is C28H36FN3O4S. The molecule has 1 N–H and O–H groups in total. The van der Waals surface area contributed by atoms with Crippen LogP contribution >= 0.6 is 0 Å². The Morgan fingerprint density at radius 1 is 1.00 bits per heavy atom. The van der Waals surface area contributed by atoms with Gasteiger partial charge in [-0.05, 0) is 61.9 Å². The lowest BCUT2D eigenvalue weighted by Gasteiger charge is -2.39. The summed E-state index contributed by atoms with van der Waals surface area (Å²) in [5.41, 5.74) is 1.65. The molecule has 2 atom stereocenters. The minimum absolute atomic E-state index is 0.000529. The summed E-state index contributed by atoms with van der Waals surface area (Å²) >= 11 is 0. The Kier molecular flexibility index (Phi) is 8.64. The van der Waals surface area contributed by atoms with E-state index in [9.17, 15) is 22.4 Å². The Hall–Kier alpha value is -2.78. The Bertz CT molecular complexity index is 1230. The summed E-state index contributed by atoms with van der Waals surface area (Å²) in [6.07, 6.45) is 7.68. The fourth-order valence-corrected chi connectivity index (χ4v) is 6.68. The summed E-state index contributed by atoms with van der Waals surface area (Å²) in [5, 5.41) is 3.15. The van der Waals surface area contributed by atoms with Crippen molar-refractivity contribution in [3.63, 3.8) is 0 Å². The number of nitrogens with zero attached hydrogens (tertiary/aromatic N) is 2. The number of benzene rings is 2. The van der Waals surface area contributed by atoms with Crippen LogP contribution in [-0.2, 0) is 19.6 Å². The third kappa shape index (κ3) is 6.38. The predicted octanol–water partition coefficient (Wildman–Crippen LogP) is 4.47. The Balaban J connectivity index is 1.83. The number of piperidine rings is 1. The number of anilines is 1. The maximum Gasteiger partial charge on any atom is 0.248 e. The molecule has 2 fully saturated rings. The lowest BCUT2D eigenvalue weighted by Crippen LogP contribution is -2.56. The van der Waals surface area contributed by atoms with E-state index < -0.39 is 33.8 Å². The highest BCUT2D eigenvalue weighted by molar-refractivity contribution is 7.88. The van der Waals surface area contributed by atoms with Crippen LogP contribution in [0.4, 0.5) is 10.1 Å². The predicted molar refractivity (Wildman–Crippen MR) is 142 cm³/mol. The van der Waals surface area contributed by atoms with Gasteiger partial charge in [0.1, 0.15) is 17.9 Å². The molecule has 7 nitrogen and oxygen atoms in total. The number of aryl methyl sites for hydroxylation is 1. The lowest BCUT2D eigenvalue weighted by atomic mass is 9.93. The number of nitrogens with one attached hydrogen (secondary N) is 1. The topological polar surface area (TPSA) is 86.8 Å². The van der Waals surface area contributed by atoms with Gasteiger partial charge in [-0.25, -0.2) is 12.8 Å². The van der Waals surface area contributed by atoms with Gasteiger partial charge in [0.15, 0.2) is 0 Å². The molecule has 0 unspecified atom stereocenters. The van der Waals surface area contributed by atoms with E-state index in [1.165, 1.54) is 27.4 Å². The number of hydrogen-bond acceptors (Lipinski definition) is 4. The molecule has 1 saturated heterocycles. The molecule has 0 radical (unpaired) electrons. The largest absolute Gasteiger partial charge is 0.351 e. The summed E-state index contributed by atoms with van der Waals surface area (Å²) in [7, 11) is -3.67. The first kappa shape index (κ1) is 27.3. The quantitative estimate of drug-likeness (QED) is 0.573. The number of carbonyl (C=O) groups is 2. The monoisotopic (exact) mass is 529 g/mol. The van der Waals surface area contributed by atoms with E-state index in [0.717, 1.165) is 43.9 Å². The van der Waals surface area contributed by atoms with Crippen molar-refractivity contribution < 1.29 is 22.4 Å². The molecule has 1 saturated carbocycles. The molecule has 0 bridgehead atoms. The number of sulfonamides is 1. The van der Waals surface area contributed by atoms with Crippen LogP contribution in [-0.4, -0.2) is 49.4 Å². The molecule has 2 amide bonds. The van der Waals surface area contributed by atoms with Gasteiger partial charge in [0.2, 0.25) is 21.8 Å². The third-order valence-corrected chi connectivity index (χ3v) is 8.72. The molecule has 1 aliphatic heterocycles. The third-order valence-electron chi connectivity index (χ3n) is 7.43. The second kappa shape index (κ2) is 11.7. The van der Waals surface area contributed by atoms with Crippen LogP contribution in [0, 0.1) is 12.7 Å². The summed E-state index contributed by atoms with van der Waals surface area (Å²) in [6, 6.07) is 10.9. The average Bonchev–Trinajstić information content (AvgIpc) is 2.87. The van der Waals surface area contributed by atoms with E-state index in [4.69, 9.17) is 0 Å². The minimum Gasteiger partial charge on any atom is -0.351 e. The van der Waals surface area contributed by atoms with Gasteiger partial charge >= 0.3 is 0 Å². The Morgan fingerprint density at radius 2 is 1.70 bits per heavy atom. The number of halogens is 1. The normalized spacial score (nSPS) is 20.2. The number of hydrogen-bond donors (Lipinski definition) is 1. The Morgan fingerprint density at radius 3 is 2.38 bits per heavy atom. The maximum absolute atomic E-state index is 14.5. The second-order valence-electron chi connectivity index (χ2n) is 10.2. The second-order valence-corrected chi connectivity index (χ2v) is 12.1. The highest BCUT2D eigenvalue weighted by Gasteiger charge is 2.42. The van der Waals surface area contributed by atoms with E-state index in [1.807, 2.05) is 19.1 Å². The summed E-state index contributed by atoms with van der Waals surface area (Å²) in [5.74, 6) is -1.42. The van der Waals surface area contributed by atoms with Crippen LogP contribution in [0.15, 0.2) is 48.5 Å². The molecule has 1 aliphatic carbocycles. The van der Waals surface area contributed by atoms with E-state index in [1.54, 1.807) is 18.2 Å². The van der Waals surface area contributed by atoms with Gasteiger partial charge in [0, 0.05) is 18.3 Å². The average molecular weight is 530 g/mol. The Labute approximate surface area is 219 Å². The first-order valence-corrected chi connectivity index (χ1v) is 14.9. The van der Waals surface area contributed by atoms with Crippen molar-refractivity contribution in [1.29, 1.82) is 0 Å². The molecule has 4 rings (SSSR count). The summed E-state index contributed by atoms with van der Waals surface area (Å²) in [6.45, 7) is 2.10. The molecule has 0 aromatic heterocycles. The molecule has 200 valence electrons. The van der Waals surface area contributed by atoms with Gasteiger partial charge in [-0.3, -0.25) is 14.5 Å². The van der Waals surface area contributed by atoms with E-state index in [0.29, 0.717) is 24.8 Å². The maximum atomic E-state index is 14.5. The number of carbonyl (C=O) groups excluding carboxylic acids is 2. The fraction of sp³-hybridized carbons (Fsp3) is 0.500. The van der Waals surface area contributed by atoms with E-state index in [-0.39, 0.29) is 24.2 Å². The number of amides is 2. The first-order chi connectivity index (χ1) is 17.7. The highest BCUT2D eigenvalue weighted by Crippen LogP contribution is 2.34. The van der Waals surface area contributed by atoms with Crippen molar-refractivity contribution >= 4 is 27.5 Å². The molecule has 1 heterocycles. The van der Waals surface area contributed by atoms with Gasteiger partial charge in [0.05, 0.1) is 6.26 Å². The van der Waals surface area contributed by atoms with Crippen molar-refractivity contribution in [2.24, 2.45) is 0 Å². The van der Waals surface area contributed by atoms with E-state index in [2.05, 4.69) is 5.32 Å². The van der Waals surface area contributed by atoms with Crippen molar-refractivity contribution in [1.82, 2.24) is 9.62 Å². The summed E-state index contributed by atoms with van der Waals surface area (Å²) in [4.78, 5) is 29.6. The number of rotatable bonds is 7. The van der Waals surface area contributed by atoms with Crippen LogP contribution in [0.25, 0.3) is 0 Å². The van der Waals surface area contributed by atoms with Crippen LogP contribution in [0.5, 0.6) is 0 Å². The molecule has 2 aromatic carbocycles. The minimum atomic E-state index is -3.67. The van der Waals surface area contributed by atoms with Crippen LogP contribution in [0.3, 0.4) is 0 Å². The summed E-state index contributed by atoms with van der Waals surface area (Å²) < 4.78 is 40.9.